The maximum Gasteiger partial charge on any atom is 0.133 e. The van der Waals surface area contributed by atoms with Crippen LogP contribution in [0.4, 0.5) is 0 Å². The summed E-state index contributed by atoms with van der Waals surface area (Å²) in [6, 6.07) is 0. The Labute approximate surface area is 106 Å². The van der Waals surface area contributed by atoms with Gasteiger partial charge in [0.05, 0.1) is 0 Å². The van der Waals surface area contributed by atoms with E-state index in [-0.39, 0.29) is 5.78 Å². The molecule has 0 aliphatic heterocycles. The van der Waals surface area contributed by atoms with Crippen LogP contribution in [0.5, 0.6) is 0 Å². The molecule has 0 bridgehead atoms. The maximum absolute atomic E-state index is 10.9. The minimum atomic E-state index is 0.198. The van der Waals surface area contributed by atoms with E-state index in [0.717, 1.165) is 18.5 Å². The van der Waals surface area contributed by atoms with Gasteiger partial charge in [-0.2, -0.15) is 0 Å². The second-order valence-corrected chi connectivity index (χ2v) is 5.14. The van der Waals surface area contributed by atoms with Crippen molar-refractivity contribution in [3.05, 3.63) is 24.3 Å². The van der Waals surface area contributed by atoms with E-state index in [0.29, 0.717) is 18.3 Å². The first-order chi connectivity index (χ1) is 7.88. The fourth-order valence-electron chi connectivity index (χ4n) is 2.23. The van der Waals surface area contributed by atoms with E-state index in [9.17, 15) is 4.79 Å². The maximum atomic E-state index is 10.9. The Kier molecular flexibility index (Phi) is 7.81. The summed E-state index contributed by atoms with van der Waals surface area (Å²) in [4.78, 5) is 13.1. The summed E-state index contributed by atoms with van der Waals surface area (Å²) in [5.41, 5.74) is 1.14. The fraction of sp³-hybridized carbons (Fsp3) is 0.667. The van der Waals surface area contributed by atoms with Crippen molar-refractivity contribution >= 4 is 5.78 Å². The number of nitrogens with zero attached hydrogens (tertiary/aromatic N) is 1. The summed E-state index contributed by atoms with van der Waals surface area (Å²) in [6.45, 7) is 11.3. The van der Waals surface area contributed by atoms with Gasteiger partial charge < -0.3 is 4.90 Å². The zero-order valence-electron chi connectivity index (χ0n) is 12.0. The van der Waals surface area contributed by atoms with Crippen molar-refractivity contribution in [3.63, 3.8) is 0 Å². The van der Waals surface area contributed by atoms with E-state index < -0.39 is 0 Å². The van der Waals surface area contributed by atoms with Gasteiger partial charge in [0.2, 0.25) is 0 Å². The second-order valence-electron chi connectivity index (χ2n) is 5.14. The van der Waals surface area contributed by atoms with Gasteiger partial charge in [0.1, 0.15) is 5.78 Å². The molecule has 0 spiro atoms. The lowest BCUT2D eigenvalue weighted by Crippen LogP contribution is -2.25. The van der Waals surface area contributed by atoms with Crippen molar-refractivity contribution in [3.8, 4) is 0 Å². The summed E-state index contributed by atoms with van der Waals surface area (Å²) in [6.07, 6.45) is 5.55. The van der Waals surface area contributed by atoms with Gasteiger partial charge in [-0.05, 0) is 39.3 Å². The molecule has 0 radical (unpaired) electrons. The van der Waals surface area contributed by atoms with Gasteiger partial charge in [0.25, 0.3) is 0 Å². The molecule has 0 aromatic heterocycles. The topological polar surface area (TPSA) is 20.3 Å². The highest BCUT2D eigenvalue weighted by Crippen LogP contribution is 2.24. The smallest absolute Gasteiger partial charge is 0.133 e. The van der Waals surface area contributed by atoms with Gasteiger partial charge in [0, 0.05) is 13.0 Å². The molecule has 0 rings (SSSR count). The molecule has 0 saturated carbocycles. The van der Waals surface area contributed by atoms with Gasteiger partial charge in [0.15, 0.2) is 0 Å². The molecule has 0 heterocycles. The van der Waals surface area contributed by atoms with Crippen LogP contribution in [-0.4, -0.2) is 31.3 Å². The molecule has 0 aromatic carbocycles. The third-order valence-electron chi connectivity index (χ3n) is 2.99. The molecule has 2 unspecified atom stereocenters. The van der Waals surface area contributed by atoms with Crippen LogP contribution in [-0.2, 0) is 4.79 Å². The first-order valence-corrected chi connectivity index (χ1v) is 6.38. The minimum Gasteiger partial charge on any atom is -0.309 e. The van der Waals surface area contributed by atoms with Crippen molar-refractivity contribution in [2.75, 3.05) is 20.6 Å². The number of rotatable bonds is 8. The van der Waals surface area contributed by atoms with Gasteiger partial charge in [-0.25, -0.2) is 0 Å². The second kappa shape index (κ2) is 8.24. The standard InChI is InChI=1S/C15H27NO/c1-7-15(13(3)11-16(5)6)12(2)9-8-10-14(4)17/h8-9,13,15H,2,7,10-11H2,1,3-6H3/b9-8-. The van der Waals surface area contributed by atoms with Gasteiger partial charge >= 0.3 is 0 Å². The fourth-order valence-corrected chi connectivity index (χ4v) is 2.23. The van der Waals surface area contributed by atoms with Crippen LogP contribution in [0, 0.1) is 11.8 Å². The molecule has 2 nitrogen and oxygen atoms in total. The number of carbonyl (C=O) groups is 1. The molecule has 17 heavy (non-hydrogen) atoms. The van der Waals surface area contributed by atoms with Crippen molar-refractivity contribution in [2.45, 2.75) is 33.6 Å². The van der Waals surface area contributed by atoms with Crippen molar-refractivity contribution < 1.29 is 4.79 Å². The van der Waals surface area contributed by atoms with E-state index in [1.807, 2.05) is 12.2 Å². The summed E-state index contributed by atoms with van der Waals surface area (Å²) >= 11 is 0. The van der Waals surface area contributed by atoms with Crippen LogP contribution < -0.4 is 0 Å². The van der Waals surface area contributed by atoms with Crippen LogP contribution in [0.15, 0.2) is 24.3 Å². The molecule has 0 aromatic rings. The number of allylic oxidation sites excluding steroid dienone is 3. The highest BCUT2D eigenvalue weighted by molar-refractivity contribution is 5.77. The first kappa shape index (κ1) is 16.1. The SMILES string of the molecule is C=C(/C=C\CC(C)=O)C(CC)C(C)CN(C)C. The normalized spacial score (nSPS) is 15.2. The lowest BCUT2D eigenvalue weighted by atomic mass is 9.85. The zero-order valence-corrected chi connectivity index (χ0v) is 12.0. The van der Waals surface area contributed by atoms with Gasteiger partial charge in [-0.3, -0.25) is 4.79 Å². The van der Waals surface area contributed by atoms with E-state index in [1.165, 1.54) is 0 Å². The van der Waals surface area contributed by atoms with E-state index in [1.54, 1.807) is 6.92 Å². The average Bonchev–Trinajstić information content (AvgIpc) is 2.16. The molecule has 0 N–H and O–H groups in total. The minimum absolute atomic E-state index is 0.198. The predicted octanol–water partition coefficient (Wildman–Crippen LogP) is 3.30. The van der Waals surface area contributed by atoms with Gasteiger partial charge in [-0.15, -0.1) is 0 Å². The van der Waals surface area contributed by atoms with Crippen LogP contribution >= 0.6 is 0 Å². The summed E-state index contributed by atoms with van der Waals surface area (Å²) in [5, 5.41) is 0. The Morgan fingerprint density at radius 3 is 2.41 bits per heavy atom. The largest absolute Gasteiger partial charge is 0.309 e. The summed E-state index contributed by atoms with van der Waals surface area (Å²) < 4.78 is 0. The number of hydrogen-bond donors (Lipinski definition) is 0. The van der Waals surface area contributed by atoms with Crippen LogP contribution in [0.2, 0.25) is 0 Å². The van der Waals surface area contributed by atoms with Crippen molar-refractivity contribution in [1.82, 2.24) is 4.90 Å². The predicted molar refractivity (Wildman–Crippen MR) is 75.1 cm³/mol. The van der Waals surface area contributed by atoms with E-state index in [4.69, 9.17) is 0 Å². The van der Waals surface area contributed by atoms with Crippen LogP contribution in [0.3, 0.4) is 0 Å². The number of Topliss-reactive ketones (excluding diaryl/α,β-unsaturated/α-hetero) is 1. The monoisotopic (exact) mass is 237 g/mol. The molecule has 2 heteroatoms. The quantitative estimate of drug-likeness (QED) is 0.604. The number of carbonyl (C=O) groups excluding carboxylic acids is 1. The van der Waals surface area contributed by atoms with E-state index >= 15 is 0 Å². The highest BCUT2D eigenvalue weighted by Gasteiger charge is 2.17. The highest BCUT2D eigenvalue weighted by atomic mass is 16.1. The average molecular weight is 237 g/mol. The Morgan fingerprint density at radius 2 is 2.00 bits per heavy atom. The molecule has 2 atom stereocenters. The third kappa shape index (κ3) is 7.11. The molecule has 0 aliphatic carbocycles. The molecular formula is C15H27NO. The lowest BCUT2D eigenvalue weighted by molar-refractivity contribution is -0.116. The first-order valence-electron chi connectivity index (χ1n) is 6.38. The van der Waals surface area contributed by atoms with Crippen molar-refractivity contribution in [1.29, 1.82) is 0 Å². The van der Waals surface area contributed by atoms with E-state index in [2.05, 4.69) is 39.4 Å². The summed E-state index contributed by atoms with van der Waals surface area (Å²) in [7, 11) is 4.19. The molecule has 0 aliphatic rings. The zero-order chi connectivity index (χ0) is 13.4. The van der Waals surface area contributed by atoms with Crippen LogP contribution in [0.25, 0.3) is 0 Å². The number of ketones is 1. The molecule has 0 fully saturated rings. The van der Waals surface area contributed by atoms with Crippen LogP contribution in [0.1, 0.15) is 33.6 Å². The lowest BCUT2D eigenvalue weighted by Gasteiger charge is -2.26. The number of hydrogen-bond acceptors (Lipinski definition) is 2. The molecule has 98 valence electrons. The Hall–Kier alpha value is -0.890. The van der Waals surface area contributed by atoms with Crippen molar-refractivity contribution in [2.24, 2.45) is 11.8 Å². The van der Waals surface area contributed by atoms with Gasteiger partial charge in [-0.1, -0.05) is 38.2 Å². The summed E-state index contributed by atoms with van der Waals surface area (Å²) in [5.74, 6) is 1.29. The Morgan fingerprint density at radius 1 is 1.41 bits per heavy atom. The molecule has 0 amide bonds. The third-order valence-corrected chi connectivity index (χ3v) is 2.99. The molecule has 0 saturated heterocycles. The Bertz CT molecular complexity index is 279. The molecular weight excluding hydrogens is 210 g/mol. The Balaban J connectivity index is 4.39.